The maximum absolute atomic E-state index is 13.4. The van der Waals surface area contributed by atoms with Gasteiger partial charge >= 0.3 is 6.18 Å². The Hall–Kier alpha value is -3.92. The van der Waals surface area contributed by atoms with Crippen molar-refractivity contribution in [1.82, 2.24) is 10.3 Å². The highest BCUT2D eigenvalue weighted by Gasteiger charge is 2.32. The molecule has 3 aromatic rings. The number of fused-ring (bicyclic) bond motifs is 1. The van der Waals surface area contributed by atoms with Crippen LogP contribution in [0.5, 0.6) is 11.5 Å². The molecule has 2 aliphatic rings. The largest absolute Gasteiger partial charge is 0.457 e. The smallest absolute Gasteiger partial charge is 0.416 e. The topological polar surface area (TPSA) is 92.3 Å². The van der Waals surface area contributed by atoms with Crippen molar-refractivity contribution in [2.75, 3.05) is 17.7 Å². The fraction of sp³-hybridized carbons (Fsp3) is 0.345. The Balaban J connectivity index is 1.26. The summed E-state index contributed by atoms with van der Waals surface area (Å²) >= 11 is 0. The van der Waals surface area contributed by atoms with E-state index in [0.29, 0.717) is 42.1 Å². The number of carbonyl (C=O) groups is 2. The van der Waals surface area contributed by atoms with Crippen LogP contribution in [0.25, 0.3) is 0 Å². The second-order valence-electron chi connectivity index (χ2n) is 10.0. The van der Waals surface area contributed by atoms with Crippen LogP contribution >= 0.6 is 0 Å². The van der Waals surface area contributed by atoms with Crippen LogP contribution in [0.15, 0.2) is 54.7 Å². The van der Waals surface area contributed by atoms with Gasteiger partial charge in [0.25, 0.3) is 0 Å². The predicted molar refractivity (Wildman–Crippen MR) is 140 cm³/mol. The van der Waals surface area contributed by atoms with Crippen molar-refractivity contribution in [1.29, 1.82) is 0 Å². The predicted octanol–water partition coefficient (Wildman–Crippen LogP) is 5.70. The Labute approximate surface area is 224 Å². The van der Waals surface area contributed by atoms with Gasteiger partial charge in [-0.3, -0.25) is 9.59 Å². The summed E-state index contributed by atoms with van der Waals surface area (Å²) in [6.07, 6.45) is 0.554. The first-order valence-corrected chi connectivity index (χ1v) is 12.9. The summed E-state index contributed by atoms with van der Waals surface area (Å²) in [5.74, 6) is 0.837. The molecule has 0 bridgehead atoms. The molecule has 7 nitrogen and oxygen atoms in total. The number of hydrogen-bond donors (Lipinski definition) is 3. The average Bonchev–Trinajstić information content (AvgIpc) is 3.74. The van der Waals surface area contributed by atoms with E-state index in [0.717, 1.165) is 36.1 Å². The third-order valence-electron chi connectivity index (χ3n) is 6.91. The van der Waals surface area contributed by atoms with Crippen molar-refractivity contribution in [3.8, 4) is 11.5 Å². The molecule has 1 aromatic heterocycles. The number of nitrogens with one attached hydrogen (secondary N) is 3. The molecule has 0 spiro atoms. The van der Waals surface area contributed by atoms with Crippen LogP contribution < -0.4 is 20.7 Å². The van der Waals surface area contributed by atoms with Crippen molar-refractivity contribution in [3.05, 3.63) is 77.0 Å². The molecule has 2 amide bonds. The number of alkyl halides is 3. The monoisotopic (exact) mass is 538 g/mol. The van der Waals surface area contributed by atoms with Gasteiger partial charge in [-0.05, 0) is 92.2 Å². The normalized spacial score (nSPS) is 16.8. The van der Waals surface area contributed by atoms with E-state index in [9.17, 15) is 22.8 Å². The number of anilines is 2. The van der Waals surface area contributed by atoms with E-state index in [4.69, 9.17) is 4.74 Å². The Kier molecular flexibility index (Phi) is 7.56. The average molecular weight is 539 g/mol. The molecule has 1 fully saturated rings. The van der Waals surface area contributed by atoms with Gasteiger partial charge in [-0.2, -0.15) is 13.2 Å². The quantitative estimate of drug-likeness (QED) is 0.342. The Morgan fingerprint density at radius 1 is 0.923 bits per heavy atom. The number of carbonyl (C=O) groups excluding carboxylic acids is 2. The van der Waals surface area contributed by atoms with Crippen LogP contribution in [0.2, 0.25) is 0 Å². The molecule has 204 valence electrons. The van der Waals surface area contributed by atoms with E-state index in [-0.39, 0.29) is 35.9 Å². The van der Waals surface area contributed by atoms with Gasteiger partial charge in [-0.25, -0.2) is 4.98 Å². The van der Waals surface area contributed by atoms with E-state index >= 15 is 0 Å². The molecule has 2 aromatic carbocycles. The molecule has 1 heterocycles. The number of rotatable bonds is 8. The minimum absolute atomic E-state index is 0.0406. The van der Waals surface area contributed by atoms with Crippen molar-refractivity contribution >= 4 is 23.3 Å². The molecule has 2 aliphatic carbocycles. The third kappa shape index (κ3) is 6.75. The van der Waals surface area contributed by atoms with Crippen LogP contribution in [0, 0.1) is 11.8 Å². The van der Waals surface area contributed by atoms with Gasteiger partial charge < -0.3 is 20.7 Å². The van der Waals surface area contributed by atoms with E-state index in [1.165, 1.54) is 0 Å². The van der Waals surface area contributed by atoms with Crippen molar-refractivity contribution in [2.45, 2.75) is 44.8 Å². The lowest BCUT2D eigenvalue weighted by atomic mass is 9.83. The van der Waals surface area contributed by atoms with Crippen LogP contribution in [0.1, 0.15) is 41.5 Å². The fourth-order valence-electron chi connectivity index (χ4n) is 4.75. The highest BCUT2D eigenvalue weighted by Crippen LogP contribution is 2.34. The number of hydrogen-bond acceptors (Lipinski definition) is 5. The molecular weight excluding hydrogens is 509 g/mol. The zero-order chi connectivity index (χ0) is 27.6. The number of halogens is 3. The first-order valence-electron chi connectivity index (χ1n) is 12.9. The van der Waals surface area contributed by atoms with E-state index in [2.05, 4.69) is 20.9 Å². The summed E-state index contributed by atoms with van der Waals surface area (Å²) in [5.41, 5.74) is 1.83. The van der Waals surface area contributed by atoms with Crippen LogP contribution in [-0.2, 0) is 35.2 Å². The number of pyridine rings is 1. The van der Waals surface area contributed by atoms with E-state index in [1.54, 1.807) is 31.4 Å². The van der Waals surface area contributed by atoms with Gasteiger partial charge in [0, 0.05) is 36.3 Å². The van der Waals surface area contributed by atoms with Gasteiger partial charge in [-0.15, -0.1) is 0 Å². The summed E-state index contributed by atoms with van der Waals surface area (Å²) in [5, 5.41) is 8.35. The van der Waals surface area contributed by atoms with Crippen molar-refractivity contribution in [2.24, 2.45) is 11.8 Å². The van der Waals surface area contributed by atoms with Gasteiger partial charge in [0.2, 0.25) is 11.8 Å². The zero-order valence-electron chi connectivity index (χ0n) is 21.4. The fourth-order valence-corrected chi connectivity index (χ4v) is 4.75. The minimum Gasteiger partial charge on any atom is -0.457 e. The zero-order valence-corrected chi connectivity index (χ0v) is 21.4. The minimum atomic E-state index is -4.51. The lowest BCUT2D eigenvalue weighted by Crippen LogP contribution is -2.28. The Morgan fingerprint density at radius 2 is 1.69 bits per heavy atom. The summed E-state index contributed by atoms with van der Waals surface area (Å²) in [4.78, 5) is 29.3. The molecule has 0 radical (unpaired) electrons. The van der Waals surface area contributed by atoms with Crippen LogP contribution in [0.3, 0.4) is 0 Å². The van der Waals surface area contributed by atoms with Gasteiger partial charge in [0.05, 0.1) is 5.56 Å². The highest BCUT2D eigenvalue weighted by atomic mass is 19.4. The number of amides is 2. The maximum atomic E-state index is 13.4. The lowest BCUT2D eigenvalue weighted by Gasteiger charge is -2.25. The molecule has 0 aliphatic heterocycles. The molecule has 0 unspecified atom stereocenters. The van der Waals surface area contributed by atoms with Crippen LogP contribution in [0.4, 0.5) is 24.7 Å². The van der Waals surface area contributed by atoms with Crippen molar-refractivity contribution in [3.63, 3.8) is 0 Å². The lowest BCUT2D eigenvalue weighted by molar-refractivity contribution is -0.137. The molecule has 10 heteroatoms. The Morgan fingerprint density at radius 3 is 2.44 bits per heavy atom. The first kappa shape index (κ1) is 26.7. The number of aromatic nitrogens is 1. The van der Waals surface area contributed by atoms with Gasteiger partial charge in [0.1, 0.15) is 17.3 Å². The third-order valence-corrected chi connectivity index (χ3v) is 6.91. The Bertz CT molecular complexity index is 1390. The van der Waals surface area contributed by atoms with Gasteiger partial charge in [-0.1, -0.05) is 6.07 Å². The summed E-state index contributed by atoms with van der Waals surface area (Å²) in [6.45, 7) is 0.248. The molecular formula is C29H29F3N4O3. The molecule has 3 N–H and O–H groups in total. The number of benzene rings is 2. The van der Waals surface area contributed by atoms with Crippen molar-refractivity contribution < 1.29 is 27.5 Å². The second-order valence-corrected chi connectivity index (χ2v) is 10.0. The molecule has 5 rings (SSSR count). The molecule has 39 heavy (non-hydrogen) atoms. The SMILES string of the molecule is CNCc1cc(NC(=O)[C@@H]2CCc3ccc(Oc4ccnc(NC(=O)C5CC5)c4)cc3C2)cc(C(F)(F)F)c1. The van der Waals surface area contributed by atoms with Crippen LogP contribution in [-0.4, -0.2) is 23.8 Å². The highest BCUT2D eigenvalue weighted by molar-refractivity contribution is 5.93. The van der Waals surface area contributed by atoms with Gasteiger partial charge in [0.15, 0.2) is 0 Å². The molecule has 1 atom stereocenters. The standard InChI is InChI=1S/C29H29F3N4O3/c1-33-16-17-10-22(29(30,31)32)14-23(11-17)35-28(38)20-5-2-18-6-7-24(13-21(18)12-20)39-25-8-9-34-26(15-25)36-27(37)19-3-4-19/h6-11,13-15,19-20,33H,2-5,12,16H2,1H3,(H,35,38)(H,34,36,37)/t20-/m1/s1. The number of nitrogens with zero attached hydrogens (tertiary/aromatic N) is 1. The van der Waals surface area contributed by atoms with E-state index < -0.39 is 11.7 Å². The number of ether oxygens (including phenoxy) is 1. The van der Waals surface area contributed by atoms with E-state index in [1.807, 2.05) is 18.2 Å². The molecule has 0 saturated heterocycles. The maximum Gasteiger partial charge on any atom is 0.416 e. The molecule has 1 saturated carbocycles. The summed E-state index contributed by atoms with van der Waals surface area (Å²) < 4.78 is 46.2. The number of aryl methyl sites for hydroxylation is 1. The summed E-state index contributed by atoms with van der Waals surface area (Å²) in [7, 11) is 1.65. The first-order chi connectivity index (χ1) is 18.7. The second kappa shape index (κ2) is 11.1. The summed E-state index contributed by atoms with van der Waals surface area (Å²) in [6, 6.07) is 12.7.